The highest BCUT2D eigenvalue weighted by Crippen LogP contribution is 2.22. The lowest BCUT2D eigenvalue weighted by molar-refractivity contribution is -0.141. The molecule has 0 amide bonds. The Morgan fingerprint density at radius 1 is 1.47 bits per heavy atom. The summed E-state index contributed by atoms with van der Waals surface area (Å²) in [7, 11) is 0. The van der Waals surface area contributed by atoms with Crippen LogP contribution in [0.25, 0.3) is 0 Å². The number of carboxylic acids is 1. The molecule has 0 aliphatic heterocycles. The first-order valence-electron chi connectivity index (χ1n) is 5.70. The summed E-state index contributed by atoms with van der Waals surface area (Å²) in [6, 6.07) is 7.64. The quantitative estimate of drug-likeness (QED) is 0.821. The lowest BCUT2D eigenvalue weighted by Crippen LogP contribution is -2.25. The zero-order chi connectivity index (χ0) is 12.8. The molecule has 0 bridgehead atoms. The van der Waals surface area contributed by atoms with E-state index in [1.807, 2.05) is 31.2 Å². The van der Waals surface area contributed by atoms with Gasteiger partial charge in [0.2, 0.25) is 0 Å². The summed E-state index contributed by atoms with van der Waals surface area (Å²) in [5, 5.41) is 9.67. The van der Waals surface area contributed by atoms with Crippen molar-refractivity contribution in [1.82, 2.24) is 0 Å². The molecule has 3 N–H and O–H groups in total. The van der Waals surface area contributed by atoms with Crippen LogP contribution in [0, 0.1) is 11.8 Å². The number of carbonyl (C=O) groups is 1. The minimum absolute atomic E-state index is 0.183. The van der Waals surface area contributed by atoms with E-state index in [2.05, 4.69) is 0 Å². The standard InChI is InChI=1S/C13H18ClNO2/c1-9(7-11(8-15)13(16)17)6-10-4-2-3-5-12(10)14/h2-5,9,11H,6-8,15H2,1H3,(H,16,17). The number of benzene rings is 1. The van der Waals surface area contributed by atoms with Crippen molar-refractivity contribution in [3.8, 4) is 0 Å². The number of nitrogens with two attached hydrogens (primary N) is 1. The van der Waals surface area contributed by atoms with Gasteiger partial charge in [0, 0.05) is 11.6 Å². The minimum Gasteiger partial charge on any atom is -0.481 e. The van der Waals surface area contributed by atoms with Gasteiger partial charge in [-0.3, -0.25) is 4.79 Å². The largest absolute Gasteiger partial charge is 0.481 e. The molecule has 3 nitrogen and oxygen atoms in total. The van der Waals surface area contributed by atoms with Crippen LogP contribution >= 0.6 is 11.6 Å². The second kappa shape index (κ2) is 6.62. The number of halogens is 1. The second-order valence-electron chi connectivity index (χ2n) is 4.41. The molecule has 4 heteroatoms. The summed E-state index contributed by atoms with van der Waals surface area (Å²) in [6.45, 7) is 2.21. The Hall–Kier alpha value is -1.06. The van der Waals surface area contributed by atoms with Gasteiger partial charge in [0.1, 0.15) is 0 Å². The van der Waals surface area contributed by atoms with Gasteiger partial charge in [0.05, 0.1) is 5.92 Å². The molecule has 0 saturated carbocycles. The zero-order valence-electron chi connectivity index (χ0n) is 9.90. The van der Waals surface area contributed by atoms with Crippen LogP contribution in [-0.4, -0.2) is 17.6 Å². The molecule has 0 spiro atoms. The van der Waals surface area contributed by atoms with Gasteiger partial charge < -0.3 is 10.8 Å². The van der Waals surface area contributed by atoms with E-state index in [-0.39, 0.29) is 12.5 Å². The van der Waals surface area contributed by atoms with Gasteiger partial charge in [-0.15, -0.1) is 0 Å². The lowest BCUT2D eigenvalue weighted by Gasteiger charge is -2.16. The molecule has 0 heterocycles. The molecule has 0 aliphatic rings. The van der Waals surface area contributed by atoms with E-state index in [1.54, 1.807) is 0 Å². The monoisotopic (exact) mass is 255 g/mol. The van der Waals surface area contributed by atoms with Gasteiger partial charge in [-0.05, 0) is 30.4 Å². The predicted molar refractivity (Wildman–Crippen MR) is 69.1 cm³/mol. The van der Waals surface area contributed by atoms with Crippen molar-refractivity contribution in [3.05, 3.63) is 34.9 Å². The number of hydrogen-bond acceptors (Lipinski definition) is 2. The molecule has 1 aromatic carbocycles. The highest BCUT2D eigenvalue weighted by atomic mass is 35.5. The average Bonchev–Trinajstić information content (AvgIpc) is 2.28. The van der Waals surface area contributed by atoms with Crippen LogP contribution in [0.1, 0.15) is 18.9 Å². The van der Waals surface area contributed by atoms with Gasteiger partial charge in [-0.1, -0.05) is 36.7 Å². The summed E-state index contributed by atoms with van der Waals surface area (Å²) in [4.78, 5) is 10.9. The van der Waals surface area contributed by atoms with E-state index in [0.29, 0.717) is 6.42 Å². The highest BCUT2D eigenvalue weighted by molar-refractivity contribution is 6.31. The maximum Gasteiger partial charge on any atom is 0.307 e. The third-order valence-electron chi connectivity index (χ3n) is 2.85. The Morgan fingerprint density at radius 3 is 2.65 bits per heavy atom. The van der Waals surface area contributed by atoms with E-state index in [9.17, 15) is 4.79 Å². The Morgan fingerprint density at radius 2 is 2.12 bits per heavy atom. The van der Waals surface area contributed by atoms with E-state index in [0.717, 1.165) is 17.0 Å². The predicted octanol–water partition coefficient (Wildman–Crippen LogP) is 2.57. The third kappa shape index (κ3) is 4.36. The van der Waals surface area contributed by atoms with E-state index in [1.165, 1.54) is 0 Å². The van der Waals surface area contributed by atoms with Crippen molar-refractivity contribution in [2.75, 3.05) is 6.54 Å². The van der Waals surface area contributed by atoms with Gasteiger partial charge in [-0.25, -0.2) is 0 Å². The molecular weight excluding hydrogens is 238 g/mol. The fraction of sp³-hybridized carbons (Fsp3) is 0.462. The number of aliphatic carboxylic acids is 1. The van der Waals surface area contributed by atoms with Crippen LogP contribution in [0.5, 0.6) is 0 Å². The molecule has 0 aliphatic carbocycles. The smallest absolute Gasteiger partial charge is 0.307 e. The van der Waals surface area contributed by atoms with Gasteiger partial charge in [0.15, 0.2) is 0 Å². The fourth-order valence-electron chi connectivity index (χ4n) is 1.91. The molecule has 0 aromatic heterocycles. The van der Waals surface area contributed by atoms with Gasteiger partial charge in [0.25, 0.3) is 0 Å². The first-order valence-corrected chi connectivity index (χ1v) is 6.08. The van der Waals surface area contributed by atoms with Crippen LogP contribution in [0.15, 0.2) is 24.3 Å². The Labute approximate surface area is 107 Å². The summed E-state index contributed by atoms with van der Waals surface area (Å²) >= 11 is 6.06. The summed E-state index contributed by atoms with van der Waals surface area (Å²) < 4.78 is 0. The Kier molecular flexibility index (Phi) is 5.45. The first-order chi connectivity index (χ1) is 8.04. The summed E-state index contributed by atoms with van der Waals surface area (Å²) in [5.41, 5.74) is 6.50. The lowest BCUT2D eigenvalue weighted by atomic mass is 9.91. The summed E-state index contributed by atoms with van der Waals surface area (Å²) in [6.07, 6.45) is 1.36. The number of carboxylic acid groups (broad SMARTS) is 1. The van der Waals surface area contributed by atoms with E-state index in [4.69, 9.17) is 22.4 Å². The number of hydrogen-bond donors (Lipinski definition) is 2. The van der Waals surface area contributed by atoms with Crippen molar-refractivity contribution in [3.63, 3.8) is 0 Å². The minimum atomic E-state index is -0.821. The van der Waals surface area contributed by atoms with Crippen molar-refractivity contribution >= 4 is 17.6 Å². The van der Waals surface area contributed by atoms with Crippen LogP contribution in [-0.2, 0) is 11.2 Å². The molecule has 1 rings (SSSR count). The van der Waals surface area contributed by atoms with Crippen LogP contribution in [0.3, 0.4) is 0 Å². The molecule has 2 unspecified atom stereocenters. The van der Waals surface area contributed by atoms with Crippen molar-refractivity contribution in [2.24, 2.45) is 17.6 Å². The second-order valence-corrected chi connectivity index (χ2v) is 4.81. The Balaban J connectivity index is 2.58. The van der Waals surface area contributed by atoms with E-state index < -0.39 is 11.9 Å². The molecule has 94 valence electrons. The van der Waals surface area contributed by atoms with Gasteiger partial charge >= 0.3 is 5.97 Å². The van der Waals surface area contributed by atoms with Crippen LogP contribution < -0.4 is 5.73 Å². The Bertz CT molecular complexity index is 381. The average molecular weight is 256 g/mol. The molecule has 17 heavy (non-hydrogen) atoms. The molecule has 1 aromatic rings. The first kappa shape index (κ1) is 14.0. The van der Waals surface area contributed by atoms with Crippen LogP contribution in [0.4, 0.5) is 0 Å². The third-order valence-corrected chi connectivity index (χ3v) is 3.22. The molecule has 0 saturated heterocycles. The fourth-order valence-corrected chi connectivity index (χ4v) is 2.12. The van der Waals surface area contributed by atoms with Crippen molar-refractivity contribution in [1.29, 1.82) is 0 Å². The highest BCUT2D eigenvalue weighted by Gasteiger charge is 2.19. The van der Waals surface area contributed by atoms with Crippen molar-refractivity contribution in [2.45, 2.75) is 19.8 Å². The topological polar surface area (TPSA) is 63.3 Å². The normalized spacial score (nSPS) is 14.3. The molecule has 0 radical (unpaired) electrons. The number of rotatable bonds is 6. The van der Waals surface area contributed by atoms with Crippen molar-refractivity contribution < 1.29 is 9.90 Å². The molecule has 0 fully saturated rings. The molecule has 2 atom stereocenters. The van der Waals surface area contributed by atoms with Crippen LogP contribution in [0.2, 0.25) is 5.02 Å². The maximum absolute atomic E-state index is 10.9. The van der Waals surface area contributed by atoms with Gasteiger partial charge in [-0.2, -0.15) is 0 Å². The maximum atomic E-state index is 10.9. The summed E-state index contributed by atoms with van der Waals surface area (Å²) in [5.74, 6) is -1.04. The molecular formula is C13H18ClNO2. The zero-order valence-corrected chi connectivity index (χ0v) is 10.7. The van der Waals surface area contributed by atoms with E-state index >= 15 is 0 Å². The SMILES string of the molecule is CC(Cc1ccccc1Cl)CC(CN)C(=O)O.